The molecule has 0 aliphatic heterocycles. The number of amides is 1. The van der Waals surface area contributed by atoms with Gasteiger partial charge in [0.1, 0.15) is 0 Å². The van der Waals surface area contributed by atoms with Crippen LogP contribution in [0.1, 0.15) is 67.6 Å². The number of esters is 1. The van der Waals surface area contributed by atoms with Crippen LogP contribution in [0.4, 0.5) is 0 Å². The first-order valence-electron chi connectivity index (χ1n) is 8.61. The number of hydrogen-bond acceptors (Lipinski definition) is 3. The van der Waals surface area contributed by atoms with E-state index in [1.807, 2.05) is 6.07 Å². The molecule has 1 saturated carbocycles. The minimum atomic E-state index is -1.30. The first-order valence-corrected chi connectivity index (χ1v) is 8.61. The monoisotopic (exact) mass is 315 g/mol. The van der Waals surface area contributed by atoms with Gasteiger partial charge in [-0.15, -0.1) is 0 Å². The second-order valence-electron chi connectivity index (χ2n) is 6.87. The van der Waals surface area contributed by atoms with Crippen LogP contribution in [0.5, 0.6) is 0 Å². The Bertz CT molecular complexity index is 617. The van der Waals surface area contributed by atoms with E-state index < -0.39 is 17.3 Å². The van der Waals surface area contributed by atoms with Crippen LogP contribution in [0.3, 0.4) is 0 Å². The van der Waals surface area contributed by atoms with Crippen molar-refractivity contribution >= 4 is 11.9 Å². The van der Waals surface area contributed by atoms with Crippen molar-refractivity contribution in [2.24, 2.45) is 5.73 Å². The van der Waals surface area contributed by atoms with Crippen molar-refractivity contribution in [2.75, 3.05) is 7.11 Å². The lowest BCUT2D eigenvalue weighted by Crippen LogP contribution is -2.47. The summed E-state index contributed by atoms with van der Waals surface area (Å²) in [5.41, 5.74) is 7.45. The van der Waals surface area contributed by atoms with Gasteiger partial charge in [0.25, 0.3) is 0 Å². The largest absolute Gasteiger partial charge is 0.468 e. The third-order valence-corrected chi connectivity index (χ3v) is 5.64. The molecule has 3 rings (SSSR count). The Hall–Kier alpha value is -1.84. The fraction of sp³-hybridized carbons (Fsp3) is 0.579. The second-order valence-corrected chi connectivity index (χ2v) is 6.87. The van der Waals surface area contributed by atoms with E-state index in [1.54, 1.807) is 0 Å². The van der Waals surface area contributed by atoms with E-state index in [9.17, 15) is 9.59 Å². The Morgan fingerprint density at radius 2 is 1.87 bits per heavy atom. The van der Waals surface area contributed by atoms with Gasteiger partial charge < -0.3 is 10.5 Å². The van der Waals surface area contributed by atoms with Crippen molar-refractivity contribution in [1.29, 1.82) is 0 Å². The Kier molecular flexibility index (Phi) is 4.42. The van der Waals surface area contributed by atoms with Gasteiger partial charge in [-0.1, -0.05) is 43.9 Å². The zero-order valence-corrected chi connectivity index (χ0v) is 13.8. The zero-order chi connectivity index (χ0) is 16.4. The molecule has 2 aliphatic carbocycles. The number of benzene rings is 1. The maximum atomic E-state index is 12.2. The lowest BCUT2D eigenvalue weighted by atomic mass is 9.80. The maximum absolute atomic E-state index is 12.2. The van der Waals surface area contributed by atoms with E-state index in [4.69, 9.17) is 10.5 Å². The number of nitrogens with two attached hydrogens (primary N) is 1. The Morgan fingerprint density at radius 3 is 2.48 bits per heavy atom. The number of primary amides is 1. The van der Waals surface area contributed by atoms with Crippen LogP contribution < -0.4 is 5.73 Å². The summed E-state index contributed by atoms with van der Waals surface area (Å²) in [4.78, 5) is 24.3. The number of methoxy groups -OCH3 is 1. The van der Waals surface area contributed by atoms with Gasteiger partial charge in [-0.25, -0.2) is 0 Å². The van der Waals surface area contributed by atoms with E-state index in [-0.39, 0.29) is 0 Å². The van der Waals surface area contributed by atoms with Gasteiger partial charge in [-0.3, -0.25) is 9.59 Å². The summed E-state index contributed by atoms with van der Waals surface area (Å²) in [7, 11) is 1.31. The van der Waals surface area contributed by atoms with Crippen molar-refractivity contribution in [1.82, 2.24) is 0 Å². The first kappa shape index (κ1) is 16.0. The van der Waals surface area contributed by atoms with Crippen LogP contribution in [0.2, 0.25) is 0 Å². The molecule has 0 radical (unpaired) electrons. The molecule has 124 valence electrons. The van der Waals surface area contributed by atoms with E-state index in [0.29, 0.717) is 18.8 Å². The molecule has 4 heteroatoms. The number of carbonyl (C=O) groups excluding carboxylic acids is 2. The number of hydrogen-bond donors (Lipinski definition) is 1. The molecule has 2 N–H and O–H groups in total. The number of fused-ring (bicyclic) bond motifs is 1. The molecule has 0 spiro atoms. The van der Waals surface area contributed by atoms with Crippen molar-refractivity contribution < 1.29 is 14.3 Å². The van der Waals surface area contributed by atoms with Crippen LogP contribution in [-0.4, -0.2) is 19.0 Å². The van der Waals surface area contributed by atoms with E-state index in [2.05, 4.69) is 12.1 Å². The lowest BCUT2D eigenvalue weighted by Gasteiger charge is -2.24. The highest BCUT2D eigenvalue weighted by Crippen LogP contribution is 2.42. The van der Waals surface area contributed by atoms with E-state index >= 15 is 0 Å². The van der Waals surface area contributed by atoms with Crippen LogP contribution in [-0.2, 0) is 26.2 Å². The van der Waals surface area contributed by atoms with Crippen molar-refractivity contribution in [3.05, 3.63) is 34.9 Å². The van der Waals surface area contributed by atoms with Crippen molar-refractivity contribution in [2.45, 2.75) is 62.7 Å². The highest BCUT2D eigenvalue weighted by molar-refractivity contribution is 6.09. The predicted molar refractivity (Wildman–Crippen MR) is 88.1 cm³/mol. The summed E-state index contributed by atoms with van der Waals surface area (Å²) in [6.45, 7) is 0. The standard InChI is InChI=1S/C19H25NO3/c1-23-18(22)19(17(20)21)11-10-15-12-14(8-9-16(15)19)13-6-4-2-3-5-7-13/h8-9,12-13H,2-7,10-11H2,1H3,(H2,20,21). The van der Waals surface area contributed by atoms with Gasteiger partial charge in [0, 0.05) is 0 Å². The highest BCUT2D eigenvalue weighted by atomic mass is 16.5. The van der Waals surface area contributed by atoms with Crippen LogP contribution >= 0.6 is 0 Å². The second kappa shape index (κ2) is 6.34. The summed E-state index contributed by atoms with van der Waals surface area (Å²) in [6.07, 6.45) is 8.81. The van der Waals surface area contributed by atoms with Gasteiger partial charge in [-0.05, 0) is 48.3 Å². The summed E-state index contributed by atoms with van der Waals surface area (Å²) < 4.78 is 4.88. The van der Waals surface area contributed by atoms with Gasteiger partial charge in [0.15, 0.2) is 5.41 Å². The Balaban J connectivity index is 1.96. The maximum Gasteiger partial charge on any atom is 0.325 e. The summed E-state index contributed by atoms with van der Waals surface area (Å²) in [5.74, 6) is -0.541. The number of aryl methyl sites for hydroxylation is 1. The van der Waals surface area contributed by atoms with E-state index in [0.717, 1.165) is 11.1 Å². The molecule has 0 heterocycles. The predicted octanol–water partition coefficient (Wildman–Crippen LogP) is 2.97. The minimum absolute atomic E-state index is 0.415. The molecule has 1 atom stereocenters. The average molecular weight is 315 g/mol. The van der Waals surface area contributed by atoms with E-state index in [1.165, 1.54) is 51.2 Å². The molecule has 4 nitrogen and oxygen atoms in total. The quantitative estimate of drug-likeness (QED) is 0.529. The normalized spacial score (nSPS) is 24.7. The number of carbonyl (C=O) groups is 2. The lowest BCUT2D eigenvalue weighted by molar-refractivity contribution is -0.151. The molecule has 1 unspecified atom stereocenters. The molecule has 0 aromatic heterocycles. The average Bonchev–Trinajstić information content (AvgIpc) is 2.75. The van der Waals surface area contributed by atoms with Crippen molar-refractivity contribution in [3.63, 3.8) is 0 Å². The molecular weight excluding hydrogens is 290 g/mol. The zero-order valence-electron chi connectivity index (χ0n) is 13.8. The third kappa shape index (κ3) is 2.64. The van der Waals surface area contributed by atoms with Crippen molar-refractivity contribution in [3.8, 4) is 0 Å². The summed E-state index contributed by atoms with van der Waals surface area (Å²) in [5, 5.41) is 0. The highest BCUT2D eigenvalue weighted by Gasteiger charge is 2.51. The Labute approximate surface area is 137 Å². The van der Waals surface area contributed by atoms with Gasteiger partial charge in [0.2, 0.25) is 5.91 Å². The summed E-state index contributed by atoms with van der Waals surface area (Å²) >= 11 is 0. The SMILES string of the molecule is COC(=O)C1(C(N)=O)CCc2cc(C3CCCCCC3)ccc21. The summed E-state index contributed by atoms with van der Waals surface area (Å²) in [6, 6.07) is 6.21. The fourth-order valence-corrected chi connectivity index (χ4v) is 4.30. The molecule has 0 bridgehead atoms. The molecule has 1 amide bonds. The molecule has 1 aromatic carbocycles. The molecule has 2 aliphatic rings. The molecule has 23 heavy (non-hydrogen) atoms. The molecule has 0 saturated heterocycles. The van der Waals surface area contributed by atoms with Gasteiger partial charge in [-0.2, -0.15) is 0 Å². The minimum Gasteiger partial charge on any atom is -0.468 e. The van der Waals surface area contributed by atoms with Gasteiger partial charge >= 0.3 is 5.97 Å². The third-order valence-electron chi connectivity index (χ3n) is 5.64. The molecule has 1 fully saturated rings. The topological polar surface area (TPSA) is 69.4 Å². The van der Waals surface area contributed by atoms with Crippen LogP contribution in [0, 0.1) is 0 Å². The number of ether oxygens (including phenoxy) is 1. The first-order chi connectivity index (χ1) is 11.1. The van der Waals surface area contributed by atoms with Gasteiger partial charge in [0.05, 0.1) is 7.11 Å². The van der Waals surface area contributed by atoms with Crippen LogP contribution in [0.25, 0.3) is 0 Å². The fourth-order valence-electron chi connectivity index (χ4n) is 4.30. The smallest absolute Gasteiger partial charge is 0.325 e. The van der Waals surface area contributed by atoms with Crippen LogP contribution in [0.15, 0.2) is 18.2 Å². The Morgan fingerprint density at radius 1 is 1.17 bits per heavy atom. The molecule has 1 aromatic rings. The number of rotatable bonds is 3. The molecular formula is C19H25NO3.